The summed E-state index contributed by atoms with van der Waals surface area (Å²) in [7, 11) is 1.55. The first-order valence-corrected chi connectivity index (χ1v) is 6.43. The van der Waals surface area contributed by atoms with Gasteiger partial charge >= 0.3 is 0 Å². The predicted octanol–water partition coefficient (Wildman–Crippen LogP) is 3.54. The molecule has 18 heavy (non-hydrogen) atoms. The highest BCUT2D eigenvalue weighted by Crippen LogP contribution is 2.29. The molecule has 0 aliphatic carbocycles. The number of Topliss-reactive ketones (excluding diaryl/α,β-unsaturated/α-hetero) is 1. The Morgan fingerprint density at radius 2 is 2.00 bits per heavy atom. The van der Waals surface area contributed by atoms with Crippen LogP contribution < -0.4 is 9.47 Å². The molecule has 4 heteroatoms. The molecule has 0 amide bonds. The first kappa shape index (κ1) is 12.6. The van der Waals surface area contributed by atoms with Gasteiger partial charge < -0.3 is 9.47 Å². The molecular weight excluding hydrogens is 248 g/mol. The Bertz CT molecular complexity index is 532. The third kappa shape index (κ3) is 2.71. The fourth-order valence-corrected chi connectivity index (χ4v) is 2.31. The van der Waals surface area contributed by atoms with Crippen molar-refractivity contribution < 1.29 is 14.3 Å². The first-order chi connectivity index (χ1) is 8.72. The summed E-state index contributed by atoms with van der Waals surface area (Å²) in [4.78, 5) is 12.8. The number of ketones is 1. The largest absolute Gasteiger partial charge is 0.496 e. The van der Waals surface area contributed by atoms with Crippen molar-refractivity contribution in [2.75, 3.05) is 7.11 Å². The Morgan fingerprint density at radius 1 is 1.22 bits per heavy atom. The van der Waals surface area contributed by atoms with E-state index in [1.54, 1.807) is 30.6 Å². The van der Waals surface area contributed by atoms with Crippen molar-refractivity contribution in [3.8, 4) is 11.5 Å². The van der Waals surface area contributed by atoms with Crippen LogP contribution in [0.15, 0.2) is 35.7 Å². The summed E-state index contributed by atoms with van der Waals surface area (Å²) in [5.74, 6) is 1.05. The molecule has 0 aliphatic heterocycles. The summed E-state index contributed by atoms with van der Waals surface area (Å²) in [6.07, 6.45) is 0. The van der Waals surface area contributed by atoms with Gasteiger partial charge in [-0.1, -0.05) is 12.1 Å². The van der Waals surface area contributed by atoms with Crippen LogP contribution in [0.4, 0.5) is 0 Å². The monoisotopic (exact) mass is 262 g/mol. The Kier molecular flexibility index (Phi) is 3.99. The fourth-order valence-electron chi connectivity index (χ4n) is 1.69. The smallest absolute Gasteiger partial charge is 0.167 e. The van der Waals surface area contributed by atoms with Crippen LogP contribution in [0.25, 0.3) is 0 Å². The number of hydrogen-bond acceptors (Lipinski definition) is 4. The van der Waals surface area contributed by atoms with E-state index in [9.17, 15) is 4.79 Å². The Hall–Kier alpha value is -1.81. The van der Waals surface area contributed by atoms with E-state index < -0.39 is 0 Å². The van der Waals surface area contributed by atoms with Crippen LogP contribution in [0.5, 0.6) is 11.5 Å². The van der Waals surface area contributed by atoms with E-state index in [0.717, 1.165) is 4.88 Å². The number of benzene rings is 1. The lowest BCUT2D eigenvalue weighted by atomic mass is 10.1. The van der Waals surface area contributed by atoms with Crippen molar-refractivity contribution in [1.29, 1.82) is 0 Å². The van der Waals surface area contributed by atoms with Crippen molar-refractivity contribution in [1.82, 2.24) is 0 Å². The van der Waals surface area contributed by atoms with E-state index in [1.807, 2.05) is 23.6 Å². The Morgan fingerprint density at radius 3 is 2.61 bits per heavy atom. The van der Waals surface area contributed by atoms with E-state index in [1.165, 1.54) is 6.92 Å². The zero-order valence-corrected chi connectivity index (χ0v) is 11.1. The molecule has 0 saturated heterocycles. The van der Waals surface area contributed by atoms with Gasteiger partial charge in [-0.05, 0) is 30.5 Å². The Labute approximate surface area is 110 Å². The zero-order valence-electron chi connectivity index (χ0n) is 10.3. The van der Waals surface area contributed by atoms with Crippen molar-refractivity contribution >= 4 is 17.1 Å². The van der Waals surface area contributed by atoms with Crippen molar-refractivity contribution in [3.63, 3.8) is 0 Å². The maximum absolute atomic E-state index is 11.6. The van der Waals surface area contributed by atoms with Crippen LogP contribution in [0.1, 0.15) is 22.2 Å². The molecular formula is C14H14O3S. The molecule has 0 spiro atoms. The molecule has 1 aromatic carbocycles. The van der Waals surface area contributed by atoms with Gasteiger partial charge in [-0.25, -0.2) is 0 Å². The summed E-state index contributed by atoms with van der Waals surface area (Å²) in [5, 5.41) is 2.00. The lowest BCUT2D eigenvalue weighted by molar-refractivity contribution is 0.101. The van der Waals surface area contributed by atoms with Gasteiger partial charge in [0.05, 0.1) is 7.11 Å². The summed E-state index contributed by atoms with van der Waals surface area (Å²) < 4.78 is 10.9. The molecule has 0 atom stereocenters. The van der Waals surface area contributed by atoms with Gasteiger partial charge in [0.2, 0.25) is 0 Å². The molecule has 0 fully saturated rings. The SMILES string of the molecule is COc1cccc(OCc2cccs2)c1C(C)=O. The standard InChI is InChI=1S/C14H14O3S/c1-10(15)14-12(16-2)6-3-7-13(14)17-9-11-5-4-8-18-11/h3-8H,9H2,1-2H3. The Balaban J connectivity index is 2.24. The normalized spacial score (nSPS) is 10.1. The number of methoxy groups -OCH3 is 1. The van der Waals surface area contributed by atoms with Gasteiger partial charge in [0.1, 0.15) is 23.7 Å². The minimum absolute atomic E-state index is 0.0615. The maximum atomic E-state index is 11.6. The molecule has 2 aromatic rings. The van der Waals surface area contributed by atoms with Crippen LogP contribution in [-0.2, 0) is 6.61 Å². The second-order valence-corrected chi connectivity index (χ2v) is 4.79. The van der Waals surface area contributed by atoms with Gasteiger partial charge in [0, 0.05) is 4.88 Å². The summed E-state index contributed by atoms with van der Waals surface area (Å²) in [6.45, 7) is 1.97. The third-order valence-electron chi connectivity index (χ3n) is 2.51. The summed E-state index contributed by atoms with van der Waals surface area (Å²) >= 11 is 1.63. The number of thiophene rings is 1. The van der Waals surface area contributed by atoms with E-state index in [-0.39, 0.29) is 5.78 Å². The second-order valence-electron chi connectivity index (χ2n) is 3.76. The molecule has 0 saturated carbocycles. The molecule has 0 unspecified atom stereocenters. The molecule has 1 aromatic heterocycles. The topological polar surface area (TPSA) is 35.5 Å². The van der Waals surface area contributed by atoms with Crippen molar-refractivity contribution in [2.24, 2.45) is 0 Å². The van der Waals surface area contributed by atoms with E-state index in [2.05, 4.69) is 0 Å². The maximum Gasteiger partial charge on any atom is 0.167 e. The predicted molar refractivity (Wildman–Crippen MR) is 71.6 cm³/mol. The quantitative estimate of drug-likeness (QED) is 0.773. The molecule has 0 aliphatic rings. The zero-order chi connectivity index (χ0) is 13.0. The lowest BCUT2D eigenvalue weighted by Gasteiger charge is -2.12. The average Bonchev–Trinajstić information content (AvgIpc) is 2.88. The highest BCUT2D eigenvalue weighted by atomic mass is 32.1. The fraction of sp³-hybridized carbons (Fsp3) is 0.214. The first-order valence-electron chi connectivity index (χ1n) is 5.55. The molecule has 3 nitrogen and oxygen atoms in total. The molecule has 1 heterocycles. The van der Waals surface area contributed by atoms with Crippen LogP contribution in [0, 0.1) is 0 Å². The van der Waals surface area contributed by atoms with Crippen LogP contribution in [0.3, 0.4) is 0 Å². The number of carbonyl (C=O) groups excluding carboxylic acids is 1. The van der Waals surface area contributed by atoms with Crippen LogP contribution in [-0.4, -0.2) is 12.9 Å². The van der Waals surface area contributed by atoms with Gasteiger partial charge in [0.15, 0.2) is 5.78 Å². The van der Waals surface area contributed by atoms with E-state index >= 15 is 0 Å². The molecule has 94 valence electrons. The number of rotatable bonds is 5. The van der Waals surface area contributed by atoms with Gasteiger partial charge in [-0.3, -0.25) is 4.79 Å². The van der Waals surface area contributed by atoms with Gasteiger partial charge in [0.25, 0.3) is 0 Å². The summed E-state index contributed by atoms with van der Waals surface area (Å²) in [5.41, 5.74) is 0.497. The number of hydrogen-bond donors (Lipinski definition) is 0. The minimum Gasteiger partial charge on any atom is -0.496 e. The molecule has 0 radical (unpaired) electrons. The molecule has 0 bridgehead atoms. The van der Waals surface area contributed by atoms with Gasteiger partial charge in [-0.15, -0.1) is 11.3 Å². The average molecular weight is 262 g/mol. The number of ether oxygens (including phenoxy) is 2. The van der Waals surface area contributed by atoms with Crippen LogP contribution in [0.2, 0.25) is 0 Å². The number of carbonyl (C=O) groups is 1. The highest BCUT2D eigenvalue weighted by Gasteiger charge is 2.14. The van der Waals surface area contributed by atoms with E-state index in [0.29, 0.717) is 23.7 Å². The molecule has 2 rings (SSSR count). The molecule has 0 N–H and O–H groups in total. The van der Waals surface area contributed by atoms with Gasteiger partial charge in [-0.2, -0.15) is 0 Å². The van der Waals surface area contributed by atoms with Crippen LogP contribution >= 0.6 is 11.3 Å². The van der Waals surface area contributed by atoms with Crippen molar-refractivity contribution in [2.45, 2.75) is 13.5 Å². The van der Waals surface area contributed by atoms with E-state index in [4.69, 9.17) is 9.47 Å². The summed E-state index contributed by atoms with van der Waals surface area (Å²) in [6, 6.07) is 9.33. The minimum atomic E-state index is -0.0615. The lowest BCUT2D eigenvalue weighted by Crippen LogP contribution is -2.03. The highest BCUT2D eigenvalue weighted by molar-refractivity contribution is 7.09. The third-order valence-corrected chi connectivity index (χ3v) is 3.36. The second kappa shape index (κ2) is 5.69. The van der Waals surface area contributed by atoms with Crippen molar-refractivity contribution in [3.05, 3.63) is 46.2 Å².